The van der Waals surface area contributed by atoms with Crippen LogP contribution in [0.3, 0.4) is 0 Å². The van der Waals surface area contributed by atoms with Crippen molar-refractivity contribution < 1.29 is 27.5 Å². The smallest absolute Gasteiger partial charge is 0.340 e. The highest BCUT2D eigenvalue weighted by Gasteiger charge is 2.42. The third kappa shape index (κ3) is 5.47. The van der Waals surface area contributed by atoms with Crippen LogP contribution in [0.2, 0.25) is 5.02 Å². The Morgan fingerprint density at radius 2 is 1.86 bits per heavy atom. The number of hydrogen-bond acceptors (Lipinski definition) is 6. The van der Waals surface area contributed by atoms with Gasteiger partial charge in [-0.3, -0.25) is 9.10 Å². The maximum absolute atomic E-state index is 13.2. The minimum absolute atomic E-state index is 0.0112. The standard InChI is InChI=1S/C26H31ClN2O6S/c1-16(22-13-17-4-5-18(22)12-17)28-25(30)15-35-26(31)23-14-21(10-11-24(23)27)36(32,33)29(2)19-6-8-20(34-3)9-7-19/h6-11,14,16-18,22H,4-5,12-13,15H2,1-3H3,(H,28,30). The quantitative estimate of drug-likeness (QED) is 0.482. The number of sulfonamides is 1. The number of ether oxygens (including phenoxy) is 2. The van der Waals surface area contributed by atoms with Gasteiger partial charge in [0.1, 0.15) is 5.75 Å². The Morgan fingerprint density at radius 3 is 2.47 bits per heavy atom. The number of benzene rings is 2. The Labute approximate surface area is 217 Å². The fraction of sp³-hybridized carbons (Fsp3) is 0.462. The molecule has 2 aromatic rings. The monoisotopic (exact) mass is 534 g/mol. The molecule has 0 aliphatic heterocycles. The van der Waals surface area contributed by atoms with E-state index in [1.165, 1.54) is 45.6 Å². The van der Waals surface area contributed by atoms with E-state index >= 15 is 0 Å². The van der Waals surface area contributed by atoms with Crippen LogP contribution < -0.4 is 14.4 Å². The summed E-state index contributed by atoms with van der Waals surface area (Å²) in [6.45, 7) is 1.53. The van der Waals surface area contributed by atoms with Crippen molar-refractivity contribution in [2.45, 2.75) is 43.5 Å². The van der Waals surface area contributed by atoms with E-state index in [9.17, 15) is 18.0 Å². The predicted octanol–water partition coefficient (Wildman–Crippen LogP) is 4.27. The number of methoxy groups -OCH3 is 1. The van der Waals surface area contributed by atoms with Crippen molar-refractivity contribution in [2.75, 3.05) is 25.1 Å². The van der Waals surface area contributed by atoms with Crippen LogP contribution in [0.15, 0.2) is 47.4 Å². The zero-order valence-corrected chi connectivity index (χ0v) is 22.1. The lowest BCUT2D eigenvalue weighted by Crippen LogP contribution is -2.42. The summed E-state index contributed by atoms with van der Waals surface area (Å²) in [5.74, 6) is 1.22. The van der Waals surface area contributed by atoms with Crippen molar-refractivity contribution >= 4 is 39.2 Å². The van der Waals surface area contributed by atoms with Gasteiger partial charge >= 0.3 is 5.97 Å². The second kappa shape index (κ2) is 10.7. The molecule has 0 saturated heterocycles. The van der Waals surface area contributed by atoms with Gasteiger partial charge < -0.3 is 14.8 Å². The summed E-state index contributed by atoms with van der Waals surface area (Å²) in [5, 5.41) is 2.97. The number of nitrogens with one attached hydrogen (secondary N) is 1. The highest BCUT2D eigenvalue weighted by atomic mass is 35.5. The summed E-state index contributed by atoms with van der Waals surface area (Å²) < 4.78 is 37.7. The van der Waals surface area contributed by atoms with Crippen LogP contribution in [-0.4, -0.2) is 47.1 Å². The van der Waals surface area contributed by atoms with E-state index in [4.69, 9.17) is 21.1 Å². The zero-order valence-electron chi connectivity index (χ0n) is 20.6. The molecule has 8 nitrogen and oxygen atoms in total. The van der Waals surface area contributed by atoms with Crippen LogP contribution in [0, 0.1) is 17.8 Å². The molecule has 2 aliphatic rings. The molecule has 4 rings (SSSR count). The third-order valence-corrected chi connectivity index (χ3v) is 9.52. The third-order valence-electron chi connectivity index (χ3n) is 7.41. The lowest BCUT2D eigenvalue weighted by Gasteiger charge is -2.28. The number of halogens is 1. The van der Waals surface area contributed by atoms with Crippen molar-refractivity contribution in [3.05, 3.63) is 53.1 Å². The molecule has 1 N–H and O–H groups in total. The topological polar surface area (TPSA) is 102 Å². The molecule has 2 aromatic carbocycles. The van der Waals surface area contributed by atoms with Crippen LogP contribution >= 0.6 is 11.6 Å². The van der Waals surface area contributed by atoms with Gasteiger partial charge in [-0.25, -0.2) is 13.2 Å². The first-order chi connectivity index (χ1) is 17.1. The second-order valence-electron chi connectivity index (χ2n) is 9.58. The Hall–Kier alpha value is -2.78. The molecule has 2 saturated carbocycles. The molecule has 0 spiro atoms. The molecule has 0 aromatic heterocycles. The summed E-state index contributed by atoms with van der Waals surface area (Å²) in [6, 6.07) is 10.3. The van der Waals surface area contributed by atoms with E-state index in [1.807, 2.05) is 6.92 Å². The van der Waals surface area contributed by atoms with Crippen LogP contribution in [0.4, 0.5) is 5.69 Å². The van der Waals surface area contributed by atoms with Crippen molar-refractivity contribution in [3.8, 4) is 5.75 Å². The van der Waals surface area contributed by atoms with Crippen molar-refractivity contribution in [1.82, 2.24) is 5.32 Å². The average molecular weight is 535 g/mol. The molecular weight excluding hydrogens is 504 g/mol. The Balaban J connectivity index is 1.40. The van der Waals surface area contributed by atoms with Crippen molar-refractivity contribution in [1.29, 1.82) is 0 Å². The van der Waals surface area contributed by atoms with Gasteiger partial charge in [-0.05, 0) is 86.4 Å². The van der Waals surface area contributed by atoms with Gasteiger partial charge in [0.25, 0.3) is 15.9 Å². The van der Waals surface area contributed by atoms with Gasteiger partial charge in [0, 0.05) is 13.1 Å². The number of anilines is 1. The van der Waals surface area contributed by atoms with E-state index in [0.29, 0.717) is 23.3 Å². The Morgan fingerprint density at radius 1 is 1.14 bits per heavy atom. The highest BCUT2D eigenvalue weighted by Crippen LogP contribution is 2.49. The van der Waals surface area contributed by atoms with Crippen LogP contribution in [0.25, 0.3) is 0 Å². The number of rotatable bonds is 9. The number of esters is 1. The summed E-state index contributed by atoms with van der Waals surface area (Å²) in [6.07, 6.45) is 4.87. The van der Waals surface area contributed by atoms with Crippen molar-refractivity contribution in [3.63, 3.8) is 0 Å². The molecule has 0 heterocycles. The second-order valence-corrected chi connectivity index (χ2v) is 12.0. The maximum atomic E-state index is 13.2. The molecule has 194 valence electrons. The lowest BCUT2D eigenvalue weighted by molar-refractivity contribution is -0.125. The molecule has 1 amide bonds. The fourth-order valence-electron chi connectivity index (χ4n) is 5.43. The van der Waals surface area contributed by atoms with E-state index in [1.54, 1.807) is 24.3 Å². The molecule has 2 aliphatic carbocycles. The molecule has 2 fully saturated rings. The number of carbonyl (C=O) groups is 2. The maximum Gasteiger partial charge on any atom is 0.340 e. The highest BCUT2D eigenvalue weighted by molar-refractivity contribution is 7.92. The summed E-state index contributed by atoms with van der Waals surface area (Å²) in [5.41, 5.74) is 0.283. The van der Waals surface area contributed by atoms with Crippen LogP contribution in [0.5, 0.6) is 5.75 Å². The fourth-order valence-corrected chi connectivity index (χ4v) is 6.85. The molecule has 10 heteroatoms. The molecule has 4 unspecified atom stereocenters. The minimum Gasteiger partial charge on any atom is -0.497 e. The summed E-state index contributed by atoms with van der Waals surface area (Å²) in [4.78, 5) is 25.0. The zero-order chi connectivity index (χ0) is 26.0. The number of nitrogens with zero attached hydrogens (tertiary/aromatic N) is 1. The molecule has 36 heavy (non-hydrogen) atoms. The van der Waals surface area contributed by atoms with Gasteiger partial charge in [-0.15, -0.1) is 0 Å². The van der Waals surface area contributed by atoms with E-state index in [2.05, 4.69) is 5.32 Å². The van der Waals surface area contributed by atoms with E-state index < -0.39 is 28.5 Å². The summed E-state index contributed by atoms with van der Waals surface area (Å²) >= 11 is 6.17. The first kappa shape index (κ1) is 26.3. The van der Waals surface area contributed by atoms with Crippen LogP contribution in [0.1, 0.15) is 43.0 Å². The molecule has 0 radical (unpaired) electrons. The first-order valence-corrected chi connectivity index (χ1v) is 13.8. The summed E-state index contributed by atoms with van der Waals surface area (Å²) in [7, 11) is -1.07. The lowest BCUT2D eigenvalue weighted by atomic mass is 9.84. The Bertz CT molecular complexity index is 1230. The SMILES string of the molecule is COc1ccc(N(C)S(=O)(=O)c2ccc(Cl)c(C(=O)OCC(=O)NC(C)C3CC4CCC3C4)c2)cc1. The first-order valence-electron chi connectivity index (χ1n) is 12.0. The van der Waals surface area contributed by atoms with Crippen molar-refractivity contribution in [2.24, 2.45) is 17.8 Å². The normalized spacial score (nSPS) is 21.6. The number of hydrogen-bond donors (Lipinski definition) is 1. The van der Waals surface area contributed by atoms with Gasteiger partial charge in [0.15, 0.2) is 6.61 Å². The minimum atomic E-state index is -4.00. The van der Waals surface area contributed by atoms with Gasteiger partial charge in [0.2, 0.25) is 0 Å². The Kier molecular flexibility index (Phi) is 7.80. The predicted molar refractivity (Wildman–Crippen MR) is 137 cm³/mol. The number of carbonyl (C=O) groups excluding carboxylic acids is 2. The van der Waals surface area contributed by atoms with Gasteiger partial charge in [-0.1, -0.05) is 18.0 Å². The molecular formula is C26H31ClN2O6S. The van der Waals surface area contributed by atoms with E-state index in [-0.39, 0.29) is 21.5 Å². The van der Waals surface area contributed by atoms with E-state index in [0.717, 1.165) is 22.7 Å². The van der Waals surface area contributed by atoms with Crippen LogP contribution in [-0.2, 0) is 19.6 Å². The number of amides is 1. The average Bonchev–Trinajstić information content (AvgIpc) is 3.51. The van der Waals surface area contributed by atoms with Gasteiger partial charge in [0.05, 0.1) is 28.3 Å². The molecule has 4 atom stereocenters. The molecule has 2 bridgehead atoms. The number of fused-ring (bicyclic) bond motifs is 2. The largest absolute Gasteiger partial charge is 0.497 e. The van der Waals surface area contributed by atoms with Gasteiger partial charge in [-0.2, -0.15) is 0 Å².